The molecule has 0 bridgehead atoms. The van der Waals surface area contributed by atoms with E-state index in [-0.39, 0.29) is 29.8 Å². The largest absolute Gasteiger partial charge is 0.460 e. The number of aliphatic hydroxyl groups is 1. The number of amides is 1. The maximum Gasteiger partial charge on any atom is 0.337 e. The summed E-state index contributed by atoms with van der Waals surface area (Å²) in [5.74, 6) is -1.30. The first-order valence-electron chi connectivity index (χ1n) is 10.5. The van der Waals surface area contributed by atoms with Crippen molar-refractivity contribution in [3.63, 3.8) is 0 Å². The van der Waals surface area contributed by atoms with E-state index in [1.165, 1.54) is 6.92 Å². The fourth-order valence-corrected chi connectivity index (χ4v) is 5.63. The van der Waals surface area contributed by atoms with E-state index in [0.717, 1.165) is 12.0 Å². The van der Waals surface area contributed by atoms with Crippen LogP contribution in [-0.4, -0.2) is 47.8 Å². The molecule has 0 aromatic carbocycles. The SMILES string of the molecule is CC(=O)N[C@H](C(=O)O[C@H]1CCC(C)(C)[C@@H]2C[C@H](O)C3=C(COC3=O)[C@@]12C)C(C)C. The molecule has 1 aliphatic heterocycles. The molecule has 1 fully saturated rings. The Balaban J connectivity index is 1.97. The van der Waals surface area contributed by atoms with Crippen LogP contribution in [0.1, 0.15) is 60.8 Å². The molecule has 0 radical (unpaired) electrons. The molecule has 5 atom stereocenters. The first-order valence-corrected chi connectivity index (χ1v) is 10.5. The number of hydrogen-bond acceptors (Lipinski definition) is 6. The fourth-order valence-electron chi connectivity index (χ4n) is 5.63. The van der Waals surface area contributed by atoms with E-state index < -0.39 is 35.6 Å². The Hall–Kier alpha value is -1.89. The van der Waals surface area contributed by atoms with Crippen LogP contribution in [0.4, 0.5) is 0 Å². The number of fused-ring (bicyclic) bond motifs is 2. The summed E-state index contributed by atoms with van der Waals surface area (Å²) in [4.78, 5) is 36.8. The van der Waals surface area contributed by atoms with Crippen LogP contribution < -0.4 is 5.32 Å². The van der Waals surface area contributed by atoms with Gasteiger partial charge in [0.15, 0.2) is 0 Å². The van der Waals surface area contributed by atoms with Gasteiger partial charge in [0, 0.05) is 12.3 Å². The molecular weight excluding hydrogens is 374 g/mol. The molecule has 3 aliphatic rings. The number of rotatable bonds is 4. The monoisotopic (exact) mass is 407 g/mol. The van der Waals surface area contributed by atoms with Gasteiger partial charge in [-0.3, -0.25) is 4.79 Å². The maximum atomic E-state index is 13.0. The van der Waals surface area contributed by atoms with Gasteiger partial charge in [0.2, 0.25) is 5.91 Å². The molecule has 0 aromatic heterocycles. The van der Waals surface area contributed by atoms with Crippen LogP contribution in [0.15, 0.2) is 11.1 Å². The summed E-state index contributed by atoms with van der Waals surface area (Å²) in [5, 5.41) is 13.3. The zero-order valence-electron chi connectivity index (χ0n) is 18.2. The molecule has 2 aliphatic carbocycles. The van der Waals surface area contributed by atoms with E-state index in [4.69, 9.17) is 9.47 Å². The molecule has 2 N–H and O–H groups in total. The van der Waals surface area contributed by atoms with Gasteiger partial charge in [0.05, 0.1) is 11.7 Å². The third kappa shape index (κ3) is 3.58. The smallest absolute Gasteiger partial charge is 0.337 e. The highest BCUT2D eigenvalue weighted by atomic mass is 16.6. The van der Waals surface area contributed by atoms with Gasteiger partial charge in [-0.2, -0.15) is 0 Å². The van der Waals surface area contributed by atoms with Crippen molar-refractivity contribution in [2.75, 3.05) is 6.61 Å². The summed E-state index contributed by atoms with van der Waals surface area (Å²) in [6.45, 7) is 11.6. The maximum absolute atomic E-state index is 13.0. The van der Waals surface area contributed by atoms with Crippen LogP contribution in [0.5, 0.6) is 0 Å². The number of carbonyl (C=O) groups excluding carboxylic acids is 3. The summed E-state index contributed by atoms with van der Waals surface area (Å²) >= 11 is 0. The highest BCUT2D eigenvalue weighted by molar-refractivity contribution is 5.93. The zero-order valence-corrected chi connectivity index (χ0v) is 18.2. The zero-order chi connectivity index (χ0) is 21.7. The molecule has 3 rings (SSSR count). The summed E-state index contributed by atoms with van der Waals surface area (Å²) in [6.07, 6.45) is 0.620. The Labute approximate surface area is 172 Å². The van der Waals surface area contributed by atoms with Crippen LogP contribution in [0.3, 0.4) is 0 Å². The molecule has 0 spiro atoms. The Kier molecular flexibility index (Phi) is 5.58. The lowest BCUT2D eigenvalue weighted by Gasteiger charge is -2.57. The molecule has 0 aromatic rings. The van der Waals surface area contributed by atoms with Gasteiger partial charge in [-0.15, -0.1) is 0 Å². The van der Waals surface area contributed by atoms with E-state index in [1.807, 2.05) is 20.8 Å². The average molecular weight is 408 g/mol. The van der Waals surface area contributed by atoms with Crippen LogP contribution in [0.2, 0.25) is 0 Å². The predicted molar refractivity (Wildman–Crippen MR) is 106 cm³/mol. The van der Waals surface area contributed by atoms with Crippen LogP contribution in [0.25, 0.3) is 0 Å². The van der Waals surface area contributed by atoms with Crippen LogP contribution in [-0.2, 0) is 23.9 Å². The normalized spacial score (nSPS) is 34.2. The van der Waals surface area contributed by atoms with Crippen molar-refractivity contribution in [1.29, 1.82) is 0 Å². The van der Waals surface area contributed by atoms with Crippen LogP contribution in [0, 0.1) is 22.7 Å². The molecule has 7 heteroatoms. The molecular formula is C22H33NO6. The van der Waals surface area contributed by atoms with Crippen molar-refractivity contribution in [3.05, 3.63) is 11.1 Å². The van der Waals surface area contributed by atoms with Gasteiger partial charge >= 0.3 is 11.9 Å². The van der Waals surface area contributed by atoms with Gasteiger partial charge in [0.25, 0.3) is 0 Å². The van der Waals surface area contributed by atoms with Gasteiger partial charge in [-0.1, -0.05) is 34.6 Å². The lowest BCUT2D eigenvalue weighted by molar-refractivity contribution is -0.173. The van der Waals surface area contributed by atoms with Gasteiger partial charge < -0.3 is 19.9 Å². The third-order valence-electron chi connectivity index (χ3n) is 7.26. The topological polar surface area (TPSA) is 102 Å². The number of nitrogens with one attached hydrogen (secondary N) is 1. The van der Waals surface area contributed by atoms with Crippen molar-refractivity contribution in [1.82, 2.24) is 5.32 Å². The Morgan fingerprint density at radius 2 is 1.93 bits per heavy atom. The highest BCUT2D eigenvalue weighted by Crippen LogP contribution is 2.61. The number of aliphatic hydroxyl groups excluding tert-OH is 1. The second-order valence-electron chi connectivity index (χ2n) is 9.93. The predicted octanol–water partition coefficient (Wildman–Crippen LogP) is 2.12. The van der Waals surface area contributed by atoms with Gasteiger partial charge in [0.1, 0.15) is 18.8 Å². The lowest BCUT2D eigenvalue weighted by atomic mass is 9.49. The standard InChI is InChI=1S/C22H33NO6/c1-11(2)18(23-12(3)24)20(27)29-16-7-8-21(4,5)15-9-14(25)17-13(22(15,16)6)10-28-19(17)26/h11,14-16,18,25H,7-10H2,1-6H3,(H,23,24)/t14-,15-,16-,18-,22+/m0/s1. The van der Waals surface area contributed by atoms with E-state index in [1.54, 1.807) is 0 Å². The Bertz CT molecular complexity index is 754. The van der Waals surface area contributed by atoms with Gasteiger partial charge in [-0.05, 0) is 42.1 Å². The summed E-state index contributed by atoms with van der Waals surface area (Å²) in [7, 11) is 0. The minimum Gasteiger partial charge on any atom is -0.460 e. The molecule has 1 saturated carbocycles. The lowest BCUT2D eigenvalue weighted by Crippen LogP contribution is -2.57. The van der Waals surface area contributed by atoms with Gasteiger partial charge in [-0.25, -0.2) is 9.59 Å². The van der Waals surface area contributed by atoms with Crippen molar-refractivity contribution >= 4 is 17.8 Å². The van der Waals surface area contributed by atoms with Crippen LogP contribution >= 0.6 is 0 Å². The quantitative estimate of drug-likeness (QED) is 0.692. The second-order valence-corrected chi connectivity index (χ2v) is 9.93. The summed E-state index contributed by atoms with van der Waals surface area (Å²) in [6, 6.07) is -0.728. The molecule has 7 nitrogen and oxygen atoms in total. The van der Waals surface area contributed by atoms with E-state index in [2.05, 4.69) is 19.2 Å². The highest BCUT2D eigenvalue weighted by Gasteiger charge is 2.61. The molecule has 1 heterocycles. The second kappa shape index (κ2) is 7.42. The molecule has 162 valence electrons. The van der Waals surface area contributed by atoms with Crippen molar-refractivity contribution in [2.24, 2.45) is 22.7 Å². The molecule has 0 unspecified atom stereocenters. The van der Waals surface area contributed by atoms with E-state index in [9.17, 15) is 19.5 Å². The first-order chi connectivity index (χ1) is 13.4. The van der Waals surface area contributed by atoms with Crippen molar-refractivity contribution in [3.8, 4) is 0 Å². The first kappa shape index (κ1) is 21.8. The number of esters is 2. The van der Waals surface area contributed by atoms with Crippen molar-refractivity contribution < 1.29 is 29.0 Å². The van der Waals surface area contributed by atoms with E-state index in [0.29, 0.717) is 18.4 Å². The number of cyclic esters (lactones) is 1. The van der Waals surface area contributed by atoms with E-state index >= 15 is 0 Å². The Morgan fingerprint density at radius 3 is 2.52 bits per heavy atom. The summed E-state index contributed by atoms with van der Waals surface area (Å²) in [5.41, 5.74) is 0.413. The Morgan fingerprint density at radius 1 is 1.28 bits per heavy atom. The third-order valence-corrected chi connectivity index (χ3v) is 7.26. The fraction of sp³-hybridized carbons (Fsp3) is 0.773. The number of ether oxygens (including phenoxy) is 2. The number of hydrogen-bond donors (Lipinski definition) is 2. The molecule has 1 amide bonds. The average Bonchev–Trinajstić information content (AvgIpc) is 3.01. The summed E-state index contributed by atoms with van der Waals surface area (Å²) < 4.78 is 11.3. The van der Waals surface area contributed by atoms with Crippen molar-refractivity contribution in [2.45, 2.75) is 79.1 Å². The molecule has 29 heavy (non-hydrogen) atoms. The molecule has 0 saturated heterocycles. The minimum absolute atomic E-state index is 0.0306. The minimum atomic E-state index is -0.852. The number of carbonyl (C=O) groups is 3.